The van der Waals surface area contributed by atoms with Crippen LogP contribution in [0.25, 0.3) is 5.57 Å². The van der Waals surface area contributed by atoms with E-state index in [-0.39, 0.29) is 88.1 Å². The van der Waals surface area contributed by atoms with E-state index in [4.69, 9.17) is 47.4 Å². The maximum Gasteiger partial charge on any atom is 0.295 e. The lowest BCUT2D eigenvalue weighted by atomic mass is 9.85. The van der Waals surface area contributed by atoms with Gasteiger partial charge < -0.3 is 52.5 Å². The number of carbonyl (C=O) groups is 1. The number of benzene rings is 2. The molecule has 302 valence electrons. The lowest BCUT2D eigenvalue weighted by molar-refractivity contribution is -0.113. The second-order valence-corrected chi connectivity index (χ2v) is 13.9. The van der Waals surface area contributed by atoms with Crippen LogP contribution in [0.1, 0.15) is 22.3 Å². The molecule has 2 aromatic rings. The summed E-state index contributed by atoms with van der Waals surface area (Å²) in [6.45, 7) is 4.92. The molecule has 0 saturated carbocycles. The van der Waals surface area contributed by atoms with E-state index in [0.29, 0.717) is 105 Å². The molecule has 1 saturated heterocycles. The van der Waals surface area contributed by atoms with E-state index in [1.54, 1.807) is 36.4 Å². The molecular weight excluding hydrogens is 740 g/mol. The van der Waals surface area contributed by atoms with Gasteiger partial charge in [-0.2, -0.15) is 8.42 Å². The van der Waals surface area contributed by atoms with Crippen molar-refractivity contribution in [3.63, 3.8) is 0 Å². The van der Waals surface area contributed by atoms with Crippen molar-refractivity contribution in [2.75, 3.05) is 119 Å². The van der Waals surface area contributed by atoms with Crippen molar-refractivity contribution in [3.8, 4) is 5.75 Å². The van der Waals surface area contributed by atoms with Crippen LogP contribution in [0.4, 0.5) is 0 Å². The molecule has 55 heavy (non-hydrogen) atoms. The molecule has 0 radical (unpaired) electrons. The third kappa shape index (κ3) is 13.7. The minimum atomic E-state index is -4.74. The van der Waals surface area contributed by atoms with Crippen molar-refractivity contribution in [1.82, 2.24) is 0 Å². The monoisotopic (exact) mass is 790 g/mol. The Balaban J connectivity index is 1.62. The Morgan fingerprint density at radius 2 is 0.891 bits per heavy atom. The van der Waals surface area contributed by atoms with Crippen LogP contribution in [0.3, 0.4) is 0 Å². The van der Waals surface area contributed by atoms with Crippen molar-refractivity contribution in [1.29, 1.82) is 0 Å². The number of ketones is 1. The minimum absolute atomic E-state index is 0.0170. The molecule has 0 aromatic heterocycles. The number of hydrogen-bond acceptors (Lipinski definition) is 14. The first-order valence-electron chi connectivity index (χ1n) is 18.2. The van der Waals surface area contributed by atoms with E-state index in [9.17, 15) is 22.9 Å². The smallest absolute Gasteiger partial charge is 0.295 e. The minimum Gasteiger partial charge on any atom is -0.507 e. The predicted molar refractivity (Wildman–Crippen MR) is 197 cm³/mol. The number of fused-ring (bicyclic) bond motifs is 4. The summed E-state index contributed by atoms with van der Waals surface area (Å²) >= 11 is 0. The first kappa shape index (κ1) is 42.8. The molecule has 2 aliphatic heterocycles. The molecule has 1 fully saturated rings. The van der Waals surface area contributed by atoms with Crippen LogP contribution in [0.5, 0.6) is 5.75 Å². The van der Waals surface area contributed by atoms with E-state index in [1.807, 2.05) is 0 Å². The standard InChI is InChI=1S/C39H50O15S/c40-38-31-21-29(22-32(38)26-52-18-14-48-10-6-45-5-9-47-13-17-51-25-31)37(35-3-1-2-4-36(35)55(42,43)44)30-23-33-27-53-19-15-49-11-7-46-8-12-50-16-20-54-28-34(24-30)39(33)41/h1-4,21-24,40H,5-20,25-28H2,(H,42,43,44). The van der Waals surface area contributed by atoms with Crippen molar-refractivity contribution >= 4 is 21.5 Å². The summed E-state index contributed by atoms with van der Waals surface area (Å²) in [7, 11) is -4.74. The van der Waals surface area contributed by atoms with Gasteiger partial charge in [0.2, 0.25) is 0 Å². The predicted octanol–water partition coefficient (Wildman–Crippen LogP) is 3.07. The maximum absolute atomic E-state index is 13.8. The number of carbonyl (C=O) groups excluding carboxylic acids is 1. The van der Waals surface area contributed by atoms with Crippen molar-refractivity contribution in [2.45, 2.75) is 18.1 Å². The van der Waals surface area contributed by atoms with E-state index < -0.39 is 10.1 Å². The molecule has 1 aliphatic carbocycles. The van der Waals surface area contributed by atoms with Crippen LogP contribution >= 0.6 is 0 Å². The van der Waals surface area contributed by atoms with Gasteiger partial charge in [-0.05, 0) is 47.1 Å². The van der Waals surface area contributed by atoms with Crippen LogP contribution in [-0.4, -0.2) is 143 Å². The molecule has 2 heterocycles. The van der Waals surface area contributed by atoms with E-state index in [0.717, 1.165) is 0 Å². The summed E-state index contributed by atoms with van der Waals surface area (Å²) in [5, 5.41) is 11.4. The highest BCUT2D eigenvalue weighted by Crippen LogP contribution is 2.38. The van der Waals surface area contributed by atoms with Crippen molar-refractivity contribution in [2.24, 2.45) is 0 Å². The summed E-state index contributed by atoms with van der Waals surface area (Å²) in [5.41, 5.74) is 2.78. The fraction of sp³-hybridized carbons (Fsp3) is 0.513. The molecule has 15 nitrogen and oxygen atoms in total. The summed E-state index contributed by atoms with van der Waals surface area (Å²) in [6, 6.07) is 9.39. The highest BCUT2D eigenvalue weighted by atomic mass is 32.2. The first-order chi connectivity index (χ1) is 26.8. The number of phenolic OH excluding ortho intramolecular Hbond substituents is 1. The Morgan fingerprint density at radius 1 is 0.527 bits per heavy atom. The quantitative estimate of drug-likeness (QED) is 0.433. The second-order valence-electron chi connectivity index (χ2n) is 12.5. The van der Waals surface area contributed by atoms with E-state index >= 15 is 0 Å². The first-order valence-corrected chi connectivity index (χ1v) is 19.7. The number of aromatic hydroxyl groups is 1. The van der Waals surface area contributed by atoms with Gasteiger partial charge >= 0.3 is 0 Å². The Hall–Kier alpha value is -3.36. The van der Waals surface area contributed by atoms with Crippen LogP contribution in [0.15, 0.2) is 70.2 Å². The summed E-state index contributed by atoms with van der Waals surface area (Å²) in [5.74, 6) is -0.358. The average Bonchev–Trinajstić information content (AvgIpc) is 3.16. The Bertz CT molecular complexity index is 1680. The molecule has 16 heteroatoms. The lowest BCUT2D eigenvalue weighted by Crippen LogP contribution is -2.21. The molecule has 3 aliphatic rings. The highest BCUT2D eigenvalue weighted by Gasteiger charge is 2.27. The van der Waals surface area contributed by atoms with Crippen LogP contribution < -0.4 is 0 Å². The van der Waals surface area contributed by atoms with Gasteiger partial charge in [0.15, 0.2) is 5.78 Å². The van der Waals surface area contributed by atoms with Gasteiger partial charge in [-0.25, -0.2) is 0 Å². The molecule has 0 atom stereocenters. The highest BCUT2D eigenvalue weighted by molar-refractivity contribution is 7.86. The summed E-state index contributed by atoms with van der Waals surface area (Å²) < 4.78 is 93.1. The summed E-state index contributed by atoms with van der Waals surface area (Å²) in [4.78, 5) is 13.5. The van der Waals surface area contributed by atoms with E-state index in [2.05, 4.69) is 0 Å². The van der Waals surface area contributed by atoms with Gasteiger partial charge in [-0.15, -0.1) is 0 Å². The molecular formula is C39H50O15S. The number of ether oxygens (including phenoxy) is 10. The molecule has 2 aromatic carbocycles. The zero-order chi connectivity index (χ0) is 38.7. The van der Waals surface area contributed by atoms with Crippen LogP contribution in [-0.2, 0) is 75.5 Å². The average molecular weight is 791 g/mol. The van der Waals surface area contributed by atoms with Gasteiger partial charge in [-0.1, -0.05) is 18.2 Å². The van der Waals surface area contributed by atoms with Gasteiger partial charge in [0.25, 0.3) is 10.1 Å². The summed E-state index contributed by atoms with van der Waals surface area (Å²) in [6.07, 6.45) is 3.28. The Labute approximate surface area is 321 Å². The number of rotatable bonds is 3. The molecule has 4 bridgehead atoms. The lowest BCUT2D eigenvalue weighted by Gasteiger charge is -2.22. The van der Waals surface area contributed by atoms with Crippen molar-refractivity contribution < 1.29 is 70.2 Å². The van der Waals surface area contributed by atoms with E-state index in [1.165, 1.54) is 12.1 Å². The van der Waals surface area contributed by atoms with Crippen LogP contribution in [0, 0.1) is 0 Å². The molecule has 5 rings (SSSR count). The maximum atomic E-state index is 13.8. The largest absolute Gasteiger partial charge is 0.507 e. The van der Waals surface area contributed by atoms with Gasteiger partial charge in [0.05, 0.1) is 132 Å². The molecule has 0 spiro atoms. The SMILES string of the molecule is O=C1C2=CC(=C(c3cc4c(O)c(c3)COCCOCCOCCOCCOC4)c3ccccc3S(=O)(=O)O)C=C1COCCOCCOCCOCCOC2. The topological polar surface area (TPSA) is 184 Å². The third-order valence-corrected chi connectivity index (χ3v) is 9.44. The van der Waals surface area contributed by atoms with Crippen molar-refractivity contribution in [3.05, 3.63) is 87.5 Å². The Morgan fingerprint density at radius 3 is 1.29 bits per heavy atom. The fourth-order valence-corrected chi connectivity index (χ4v) is 6.60. The zero-order valence-corrected chi connectivity index (χ0v) is 31.7. The third-order valence-electron chi connectivity index (χ3n) is 8.53. The number of hydrogen-bond donors (Lipinski definition) is 2. The Kier molecular flexibility index (Phi) is 17.9. The van der Waals surface area contributed by atoms with Gasteiger partial charge in [0.1, 0.15) is 10.6 Å². The van der Waals surface area contributed by atoms with Gasteiger partial charge in [-0.3, -0.25) is 9.35 Å². The number of Topliss-reactive ketones (excluding diaryl/α,β-unsaturated/α-hetero) is 1. The number of allylic oxidation sites excluding steroid dienone is 3. The zero-order valence-electron chi connectivity index (χ0n) is 30.9. The molecule has 0 amide bonds. The van der Waals surface area contributed by atoms with Crippen LogP contribution in [0.2, 0.25) is 0 Å². The van der Waals surface area contributed by atoms with Gasteiger partial charge in [0, 0.05) is 27.8 Å². The normalized spacial score (nSPS) is 20.5. The molecule has 0 unspecified atom stereocenters. The fourth-order valence-electron chi connectivity index (χ4n) is 5.90. The second kappa shape index (κ2) is 23.0. The molecule has 2 N–H and O–H groups in total. The number of phenols is 1.